The molecule has 0 spiro atoms. The Morgan fingerprint density at radius 3 is 2.80 bits per heavy atom. The second-order valence-corrected chi connectivity index (χ2v) is 5.90. The minimum absolute atomic E-state index is 0.184. The van der Waals surface area contributed by atoms with E-state index in [0.717, 1.165) is 25.1 Å². The number of hydrogen-bond acceptors (Lipinski definition) is 4. The highest BCUT2D eigenvalue weighted by molar-refractivity contribution is 5.43. The summed E-state index contributed by atoms with van der Waals surface area (Å²) in [5.41, 5.74) is 7.96. The van der Waals surface area contributed by atoms with Crippen molar-refractivity contribution in [3.8, 4) is 0 Å². The van der Waals surface area contributed by atoms with Crippen molar-refractivity contribution in [2.24, 2.45) is 11.7 Å². The van der Waals surface area contributed by atoms with Crippen LogP contribution in [0.5, 0.6) is 0 Å². The van der Waals surface area contributed by atoms with Gasteiger partial charge in [0.2, 0.25) is 0 Å². The Morgan fingerprint density at radius 2 is 2.20 bits per heavy atom. The van der Waals surface area contributed by atoms with Gasteiger partial charge in [-0.1, -0.05) is 19.1 Å². The van der Waals surface area contributed by atoms with Crippen LogP contribution in [0.4, 0.5) is 5.69 Å². The van der Waals surface area contributed by atoms with E-state index in [2.05, 4.69) is 18.7 Å². The van der Waals surface area contributed by atoms with E-state index < -0.39 is 0 Å². The van der Waals surface area contributed by atoms with Crippen molar-refractivity contribution >= 4 is 5.69 Å². The van der Waals surface area contributed by atoms with E-state index in [0.29, 0.717) is 11.5 Å². The van der Waals surface area contributed by atoms with Crippen molar-refractivity contribution in [1.82, 2.24) is 4.90 Å². The van der Waals surface area contributed by atoms with Gasteiger partial charge in [0.15, 0.2) is 0 Å². The van der Waals surface area contributed by atoms with E-state index in [9.17, 15) is 10.1 Å². The minimum atomic E-state index is -0.305. The number of benzene rings is 1. The lowest BCUT2D eigenvalue weighted by atomic mass is 9.92. The average molecular weight is 277 g/mol. The molecule has 0 amide bonds. The topological polar surface area (TPSA) is 72.4 Å². The summed E-state index contributed by atoms with van der Waals surface area (Å²) < 4.78 is 0. The highest BCUT2D eigenvalue weighted by Gasteiger charge is 2.27. The molecule has 0 aromatic heterocycles. The summed E-state index contributed by atoms with van der Waals surface area (Å²) in [5, 5.41) is 11.0. The van der Waals surface area contributed by atoms with Crippen LogP contribution in [-0.4, -0.2) is 29.0 Å². The van der Waals surface area contributed by atoms with Crippen LogP contribution < -0.4 is 5.73 Å². The Kier molecular flexibility index (Phi) is 4.40. The molecule has 1 saturated heterocycles. The highest BCUT2D eigenvalue weighted by atomic mass is 16.6. The van der Waals surface area contributed by atoms with Gasteiger partial charge in [0.25, 0.3) is 5.69 Å². The van der Waals surface area contributed by atoms with E-state index >= 15 is 0 Å². The smallest absolute Gasteiger partial charge is 0.272 e. The van der Waals surface area contributed by atoms with Crippen LogP contribution in [0.1, 0.15) is 37.4 Å². The summed E-state index contributed by atoms with van der Waals surface area (Å²) in [6.07, 6.45) is 0.986. The van der Waals surface area contributed by atoms with Gasteiger partial charge in [-0.15, -0.1) is 0 Å². The first-order chi connectivity index (χ1) is 9.40. The van der Waals surface area contributed by atoms with Gasteiger partial charge in [0, 0.05) is 36.8 Å². The molecular weight excluding hydrogens is 254 g/mol. The molecule has 1 aromatic rings. The van der Waals surface area contributed by atoms with Crippen LogP contribution in [0.2, 0.25) is 0 Å². The second kappa shape index (κ2) is 5.89. The zero-order valence-corrected chi connectivity index (χ0v) is 12.4. The largest absolute Gasteiger partial charge is 0.327 e. The van der Waals surface area contributed by atoms with E-state index in [1.54, 1.807) is 13.0 Å². The quantitative estimate of drug-likeness (QED) is 0.681. The second-order valence-electron chi connectivity index (χ2n) is 5.90. The molecule has 2 N–H and O–H groups in total. The Labute approximate surface area is 119 Å². The maximum Gasteiger partial charge on any atom is 0.272 e. The highest BCUT2D eigenvalue weighted by Crippen LogP contribution is 2.29. The fraction of sp³-hybridized carbons (Fsp3) is 0.600. The molecule has 1 fully saturated rings. The van der Waals surface area contributed by atoms with Gasteiger partial charge in [-0.05, 0) is 31.7 Å². The third kappa shape index (κ3) is 2.99. The molecule has 0 bridgehead atoms. The number of hydrogen-bond donors (Lipinski definition) is 1. The number of rotatable bonds is 3. The number of nitrogens with zero attached hydrogens (tertiary/aromatic N) is 2. The molecule has 110 valence electrons. The lowest BCUT2D eigenvalue weighted by molar-refractivity contribution is -0.385. The van der Waals surface area contributed by atoms with Gasteiger partial charge in [-0.3, -0.25) is 15.0 Å². The molecule has 0 aliphatic carbocycles. The first kappa shape index (κ1) is 14.9. The Morgan fingerprint density at radius 1 is 1.50 bits per heavy atom. The van der Waals surface area contributed by atoms with Crippen LogP contribution in [0.25, 0.3) is 0 Å². The predicted octanol–water partition coefficient (Wildman–Crippen LogP) is 2.63. The molecule has 3 atom stereocenters. The zero-order valence-electron chi connectivity index (χ0n) is 12.4. The number of nitrogens with two attached hydrogens (primary N) is 1. The first-order valence-corrected chi connectivity index (χ1v) is 7.14. The maximum absolute atomic E-state index is 11.0. The molecule has 0 saturated carbocycles. The SMILES string of the molecule is Cc1ccc(C(C)N2CCC(N)C(C)C2)cc1[N+](=O)[O-]. The van der Waals surface area contributed by atoms with Gasteiger partial charge in [-0.25, -0.2) is 0 Å². The van der Waals surface area contributed by atoms with Gasteiger partial charge in [0.05, 0.1) is 4.92 Å². The van der Waals surface area contributed by atoms with Crippen molar-refractivity contribution < 1.29 is 4.92 Å². The van der Waals surface area contributed by atoms with Gasteiger partial charge in [-0.2, -0.15) is 0 Å². The van der Waals surface area contributed by atoms with Crippen molar-refractivity contribution in [3.05, 3.63) is 39.4 Å². The summed E-state index contributed by atoms with van der Waals surface area (Å²) in [7, 11) is 0. The van der Waals surface area contributed by atoms with E-state index in [-0.39, 0.29) is 22.7 Å². The number of nitro groups is 1. The fourth-order valence-electron chi connectivity index (χ4n) is 2.84. The van der Waals surface area contributed by atoms with Gasteiger partial charge in [0.1, 0.15) is 0 Å². The van der Waals surface area contributed by atoms with Crippen LogP contribution >= 0.6 is 0 Å². The molecule has 3 unspecified atom stereocenters. The lowest BCUT2D eigenvalue weighted by Gasteiger charge is -2.38. The lowest BCUT2D eigenvalue weighted by Crippen LogP contribution is -2.46. The Bertz CT molecular complexity index is 504. The van der Waals surface area contributed by atoms with Crippen LogP contribution in [0, 0.1) is 23.0 Å². The van der Waals surface area contributed by atoms with Gasteiger partial charge < -0.3 is 5.73 Å². The monoisotopic (exact) mass is 277 g/mol. The summed E-state index contributed by atoms with van der Waals surface area (Å²) in [6.45, 7) is 7.95. The number of piperidine rings is 1. The van der Waals surface area contributed by atoms with E-state index in [1.165, 1.54) is 0 Å². The summed E-state index contributed by atoms with van der Waals surface area (Å²) >= 11 is 0. The predicted molar refractivity (Wildman–Crippen MR) is 79.6 cm³/mol. The molecular formula is C15H23N3O2. The summed E-state index contributed by atoms with van der Waals surface area (Å²) in [4.78, 5) is 13.1. The molecule has 5 heteroatoms. The fourth-order valence-corrected chi connectivity index (χ4v) is 2.84. The Balaban J connectivity index is 2.19. The normalized spacial score (nSPS) is 25.4. The van der Waals surface area contributed by atoms with Crippen molar-refractivity contribution in [2.75, 3.05) is 13.1 Å². The molecule has 1 heterocycles. The maximum atomic E-state index is 11.0. The standard InChI is InChI=1S/C15H23N3O2/c1-10-4-5-13(8-15(10)18(19)20)12(3)17-7-6-14(16)11(2)9-17/h4-5,8,11-12,14H,6-7,9,16H2,1-3H3. The molecule has 0 radical (unpaired) electrons. The van der Waals surface area contributed by atoms with Crippen molar-refractivity contribution in [3.63, 3.8) is 0 Å². The molecule has 5 nitrogen and oxygen atoms in total. The van der Waals surface area contributed by atoms with Crippen LogP contribution in [0.3, 0.4) is 0 Å². The third-order valence-corrected chi connectivity index (χ3v) is 4.46. The van der Waals surface area contributed by atoms with E-state index in [1.807, 2.05) is 12.1 Å². The Hall–Kier alpha value is -1.46. The van der Waals surface area contributed by atoms with Crippen molar-refractivity contribution in [1.29, 1.82) is 0 Å². The number of nitro benzene ring substituents is 1. The van der Waals surface area contributed by atoms with Crippen molar-refractivity contribution in [2.45, 2.75) is 39.3 Å². The van der Waals surface area contributed by atoms with E-state index in [4.69, 9.17) is 5.73 Å². The molecule has 1 aliphatic heterocycles. The number of likely N-dealkylation sites (tertiary alicyclic amines) is 1. The molecule has 1 aromatic carbocycles. The van der Waals surface area contributed by atoms with Crippen LogP contribution in [-0.2, 0) is 0 Å². The minimum Gasteiger partial charge on any atom is -0.327 e. The summed E-state index contributed by atoms with van der Waals surface area (Å²) in [5.74, 6) is 0.464. The molecule has 1 aliphatic rings. The molecule has 2 rings (SSSR count). The summed E-state index contributed by atoms with van der Waals surface area (Å²) in [6, 6.07) is 5.99. The average Bonchev–Trinajstić information content (AvgIpc) is 2.41. The van der Waals surface area contributed by atoms with Gasteiger partial charge >= 0.3 is 0 Å². The first-order valence-electron chi connectivity index (χ1n) is 7.14. The third-order valence-electron chi connectivity index (χ3n) is 4.46. The van der Waals surface area contributed by atoms with Crippen LogP contribution in [0.15, 0.2) is 18.2 Å². The molecule has 20 heavy (non-hydrogen) atoms. The zero-order chi connectivity index (χ0) is 14.9. The number of aryl methyl sites for hydroxylation is 1.